The Kier molecular flexibility index (Phi) is 8.75. The molecule has 0 spiro atoms. The topological polar surface area (TPSA) is 152 Å². The quantitative estimate of drug-likeness (QED) is 0.0700. The Morgan fingerprint density at radius 2 is 1.82 bits per heavy atom. The molecule has 3 aromatic rings. The number of benzene rings is 3. The molecule has 4 rings (SSSR count). The predicted molar refractivity (Wildman–Crippen MR) is 157 cm³/mol. The first kappa shape index (κ1) is 27.6. The molecule has 2 unspecified atom stereocenters. The van der Waals surface area contributed by atoms with Gasteiger partial charge in [0.15, 0.2) is 0 Å². The number of carbonyl (C=O) groups is 2. The molecule has 7 N–H and O–H groups in total. The second-order valence-electron chi connectivity index (χ2n) is 9.19. The van der Waals surface area contributed by atoms with E-state index in [9.17, 15) is 9.59 Å². The molecule has 0 aromatic heterocycles. The van der Waals surface area contributed by atoms with E-state index in [4.69, 9.17) is 34.0 Å². The zero-order chi connectivity index (χ0) is 27.9. The van der Waals surface area contributed by atoms with Gasteiger partial charge < -0.3 is 21.4 Å². The van der Waals surface area contributed by atoms with Crippen molar-refractivity contribution in [2.24, 2.45) is 5.84 Å². The fourth-order valence-corrected chi connectivity index (χ4v) is 5.02. The van der Waals surface area contributed by atoms with Gasteiger partial charge in [-0.3, -0.25) is 20.0 Å². The lowest BCUT2D eigenvalue weighted by Crippen LogP contribution is -2.53. The molecule has 9 nitrogen and oxygen atoms in total. The minimum absolute atomic E-state index is 0.213. The van der Waals surface area contributed by atoms with Crippen molar-refractivity contribution in [3.05, 3.63) is 94.5 Å². The van der Waals surface area contributed by atoms with Crippen LogP contribution in [0.4, 0.5) is 17.1 Å². The van der Waals surface area contributed by atoms with Crippen molar-refractivity contribution in [1.29, 1.82) is 10.8 Å². The molecule has 1 fully saturated rings. The van der Waals surface area contributed by atoms with E-state index < -0.39 is 6.04 Å². The van der Waals surface area contributed by atoms with E-state index in [1.54, 1.807) is 47.4 Å². The zero-order valence-electron chi connectivity index (χ0n) is 21.2. The van der Waals surface area contributed by atoms with Crippen LogP contribution in [0.15, 0.2) is 72.8 Å². The van der Waals surface area contributed by atoms with Crippen molar-refractivity contribution < 1.29 is 9.59 Å². The number of piperidine rings is 1. The summed E-state index contributed by atoms with van der Waals surface area (Å²) in [5.74, 6) is 5.01. The number of hydrogen-bond donors (Lipinski definition) is 5. The third-order valence-electron chi connectivity index (χ3n) is 6.73. The fourth-order valence-electron chi connectivity index (χ4n) is 4.84. The van der Waals surface area contributed by atoms with Crippen molar-refractivity contribution in [2.75, 3.05) is 22.6 Å². The summed E-state index contributed by atoms with van der Waals surface area (Å²) in [4.78, 5) is 28.9. The van der Waals surface area contributed by atoms with E-state index in [1.807, 2.05) is 30.3 Å². The van der Waals surface area contributed by atoms with E-state index in [1.165, 1.54) is 6.08 Å². The summed E-state index contributed by atoms with van der Waals surface area (Å²) in [6.45, 7) is 0.408. The Morgan fingerprint density at radius 3 is 2.51 bits per heavy atom. The molecular formula is C29H30ClN7O2. The molecule has 0 bridgehead atoms. The maximum Gasteiger partial charge on any atom is 0.247 e. The summed E-state index contributed by atoms with van der Waals surface area (Å²) in [6.07, 6.45) is 6.57. The largest absolute Gasteiger partial charge is 0.398 e. The number of hydrogen-bond acceptors (Lipinski definition) is 6. The maximum absolute atomic E-state index is 13.8. The predicted octanol–water partition coefficient (Wildman–Crippen LogP) is 4.63. The average molecular weight is 544 g/mol. The molecular weight excluding hydrogens is 514 g/mol. The number of likely N-dealkylation sites (tertiary alicyclic amines) is 1. The summed E-state index contributed by atoms with van der Waals surface area (Å²) < 4.78 is 0. The van der Waals surface area contributed by atoms with Crippen molar-refractivity contribution in [3.8, 4) is 0 Å². The van der Waals surface area contributed by atoms with Gasteiger partial charge >= 0.3 is 0 Å². The van der Waals surface area contributed by atoms with Crippen LogP contribution in [-0.4, -0.2) is 41.9 Å². The van der Waals surface area contributed by atoms with Gasteiger partial charge in [-0.15, -0.1) is 0 Å². The lowest BCUT2D eigenvalue weighted by molar-refractivity contribution is -0.137. The monoisotopic (exact) mass is 543 g/mol. The third kappa shape index (κ3) is 6.34. The van der Waals surface area contributed by atoms with Gasteiger partial charge in [0.1, 0.15) is 12.4 Å². The number of nitrogens with two attached hydrogens (primary N) is 2. The van der Waals surface area contributed by atoms with Crippen LogP contribution in [0.2, 0.25) is 5.02 Å². The van der Waals surface area contributed by atoms with Crippen LogP contribution >= 0.6 is 11.6 Å². The third-order valence-corrected chi connectivity index (χ3v) is 6.97. The molecule has 1 saturated heterocycles. The number of anilines is 3. The molecule has 10 heteroatoms. The van der Waals surface area contributed by atoms with Crippen molar-refractivity contribution in [1.82, 2.24) is 4.90 Å². The highest BCUT2D eigenvalue weighted by molar-refractivity contribution is 6.30. The zero-order valence-corrected chi connectivity index (χ0v) is 21.9. The molecule has 200 valence electrons. The van der Waals surface area contributed by atoms with E-state index in [0.29, 0.717) is 39.8 Å². The Morgan fingerprint density at radius 1 is 1.05 bits per heavy atom. The molecule has 1 aliphatic rings. The maximum atomic E-state index is 13.8. The molecule has 2 amide bonds. The van der Waals surface area contributed by atoms with E-state index in [2.05, 4.69) is 5.32 Å². The van der Waals surface area contributed by atoms with Crippen LogP contribution in [0.5, 0.6) is 0 Å². The van der Waals surface area contributed by atoms with Gasteiger partial charge in [0.25, 0.3) is 0 Å². The van der Waals surface area contributed by atoms with Gasteiger partial charge in [0.2, 0.25) is 11.8 Å². The highest BCUT2D eigenvalue weighted by Gasteiger charge is 2.39. The molecule has 2 atom stereocenters. The Hall–Kier alpha value is -4.47. The summed E-state index contributed by atoms with van der Waals surface area (Å²) in [6, 6.07) is 18.8. The smallest absolute Gasteiger partial charge is 0.247 e. The second-order valence-corrected chi connectivity index (χ2v) is 9.62. The minimum Gasteiger partial charge on any atom is -0.398 e. The highest BCUT2D eigenvalue weighted by atomic mass is 35.5. The van der Waals surface area contributed by atoms with E-state index in [-0.39, 0.29) is 17.7 Å². The number of nitrogens with zero attached hydrogens (tertiary/aromatic N) is 2. The normalized spacial score (nSPS) is 17.0. The van der Waals surface area contributed by atoms with E-state index >= 15 is 0 Å². The molecule has 39 heavy (non-hydrogen) atoms. The van der Waals surface area contributed by atoms with Crippen molar-refractivity contribution in [2.45, 2.75) is 24.8 Å². The average Bonchev–Trinajstić information content (AvgIpc) is 2.95. The number of carbonyl (C=O) groups excluding carboxylic acids is 2. The van der Waals surface area contributed by atoms with Crippen molar-refractivity contribution >= 4 is 59.1 Å². The van der Waals surface area contributed by atoms with Crippen LogP contribution in [0.1, 0.15) is 35.4 Å². The summed E-state index contributed by atoms with van der Waals surface area (Å²) >= 11 is 6.17. The lowest BCUT2D eigenvalue weighted by atomic mass is 9.82. The fraction of sp³-hybridized carbons (Fsp3) is 0.172. The van der Waals surface area contributed by atoms with Gasteiger partial charge in [0.05, 0.1) is 5.69 Å². The number of nitrogens with one attached hydrogen (secondary N) is 3. The number of rotatable bonds is 8. The Bertz CT molecular complexity index is 1410. The van der Waals surface area contributed by atoms with Gasteiger partial charge in [-0.25, -0.2) is 5.84 Å². The highest BCUT2D eigenvalue weighted by Crippen LogP contribution is 2.34. The van der Waals surface area contributed by atoms with Crippen LogP contribution < -0.4 is 21.9 Å². The first-order chi connectivity index (χ1) is 18.8. The van der Waals surface area contributed by atoms with Crippen LogP contribution in [-0.2, 0) is 9.59 Å². The number of halogens is 1. The molecule has 0 saturated carbocycles. The second kappa shape index (κ2) is 12.4. The molecule has 0 aliphatic carbocycles. The van der Waals surface area contributed by atoms with Crippen LogP contribution in [0.25, 0.3) is 6.08 Å². The van der Waals surface area contributed by atoms with Crippen molar-refractivity contribution in [3.63, 3.8) is 0 Å². The lowest BCUT2D eigenvalue weighted by Gasteiger charge is -2.40. The van der Waals surface area contributed by atoms with Gasteiger partial charge in [0, 0.05) is 52.3 Å². The van der Waals surface area contributed by atoms with Gasteiger partial charge in [-0.2, -0.15) is 0 Å². The Labute approximate surface area is 232 Å². The standard InChI is InChI=1S/C29H30ClN7O2/c30-22-10-12-26(37(34)18-32)20(15-22)9-13-27(38)36-14-4-7-24(19-5-2-1-3-6-19)28(36)29(39)35-23-11-8-21(17-31)25(33)16-23/h1-3,5-6,8-13,15-18,24,28,31-32H,4,7,14,33-34H2,(H,35,39)/b13-9+,31-17?,32-18?. The molecule has 1 heterocycles. The van der Waals surface area contributed by atoms with E-state index in [0.717, 1.165) is 36.0 Å². The van der Waals surface area contributed by atoms with Crippen LogP contribution in [0.3, 0.4) is 0 Å². The Balaban J connectivity index is 1.66. The number of amides is 2. The van der Waals surface area contributed by atoms with Crippen LogP contribution in [0, 0.1) is 10.8 Å². The van der Waals surface area contributed by atoms with Gasteiger partial charge in [-0.05, 0) is 60.9 Å². The number of hydrazine groups is 1. The summed E-state index contributed by atoms with van der Waals surface area (Å²) in [5, 5.41) is 19.4. The first-order valence-electron chi connectivity index (χ1n) is 12.4. The molecule has 0 radical (unpaired) electrons. The number of nitrogen functional groups attached to an aromatic ring is 1. The summed E-state index contributed by atoms with van der Waals surface area (Å²) in [7, 11) is 0. The SMILES string of the molecule is N=Cc1ccc(NC(=O)C2C(c3ccccc3)CCCN2C(=O)/C=C/c2cc(Cl)ccc2N(N)C=N)cc1N. The first-order valence-corrected chi connectivity index (χ1v) is 12.8. The molecule has 3 aromatic carbocycles. The minimum atomic E-state index is -0.770. The molecule has 1 aliphatic heterocycles. The van der Waals surface area contributed by atoms with Gasteiger partial charge in [-0.1, -0.05) is 41.9 Å². The summed E-state index contributed by atoms with van der Waals surface area (Å²) in [5.41, 5.74) is 9.46.